The summed E-state index contributed by atoms with van der Waals surface area (Å²) in [6.45, 7) is -0.743. The maximum absolute atomic E-state index is 11.0. The summed E-state index contributed by atoms with van der Waals surface area (Å²) in [7, 11) is -9.27. The Kier molecular flexibility index (Phi) is 5.23. The summed E-state index contributed by atoms with van der Waals surface area (Å²) >= 11 is 0. The summed E-state index contributed by atoms with van der Waals surface area (Å²) < 4.78 is 70.8. The van der Waals surface area contributed by atoms with Gasteiger partial charge in [-0.1, -0.05) is 48.5 Å². The lowest BCUT2D eigenvalue weighted by molar-refractivity contribution is -0.432. The molecular weight excluding hydrogens is 444 g/mol. The van der Waals surface area contributed by atoms with Gasteiger partial charge in [-0.05, 0) is 22.3 Å². The van der Waals surface area contributed by atoms with Crippen molar-refractivity contribution < 1.29 is 44.1 Å². The van der Waals surface area contributed by atoms with E-state index in [2.05, 4.69) is 8.37 Å². The zero-order valence-electron chi connectivity index (χ0n) is 15.4. The molecule has 30 heavy (non-hydrogen) atoms. The highest BCUT2D eigenvalue weighted by molar-refractivity contribution is 7.81. The fourth-order valence-corrected chi connectivity index (χ4v) is 4.78. The van der Waals surface area contributed by atoms with E-state index < -0.39 is 32.0 Å². The lowest BCUT2D eigenvalue weighted by atomic mass is 9.66. The Hall–Kier alpha value is -1.90. The molecule has 2 aromatic carbocycles. The molecule has 2 aromatic rings. The van der Waals surface area contributed by atoms with Crippen LogP contribution in [-0.4, -0.2) is 39.2 Å². The highest BCUT2D eigenvalue weighted by Crippen LogP contribution is 2.58. The van der Waals surface area contributed by atoms with Crippen LogP contribution in [0.15, 0.2) is 48.5 Å². The summed E-state index contributed by atoms with van der Waals surface area (Å²) in [5.74, 6) is 0. The van der Waals surface area contributed by atoms with Crippen molar-refractivity contribution in [3.63, 3.8) is 0 Å². The monoisotopic (exact) mass is 462 g/mol. The highest BCUT2D eigenvalue weighted by atomic mass is 32.3. The highest BCUT2D eigenvalue weighted by Gasteiger charge is 2.58. The molecular formula is C18H18O10S2. The number of rotatable bonds is 8. The quantitative estimate of drug-likeness (QED) is 0.339. The maximum Gasteiger partial charge on any atom is 0.397 e. The van der Waals surface area contributed by atoms with E-state index in [4.69, 9.17) is 18.9 Å². The second-order valence-electron chi connectivity index (χ2n) is 6.91. The van der Waals surface area contributed by atoms with Gasteiger partial charge in [0.05, 0.1) is 13.2 Å². The predicted molar refractivity (Wildman–Crippen MR) is 101 cm³/mol. The Labute approximate surface area is 173 Å². The zero-order chi connectivity index (χ0) is 21.6. The molecule has 162 valence electrons. The van der Waals surface area contributed by atoms with Gasteiger partial charge in [-0.25, -0.2) is 18.1 Å². The minimum absolute atomic E-state index is 0.0123. The van der Waals surface area contributed by atoms with Gasteiger partial charge < -0.3 is 0 Å². The van der Waals surface area contributed by atoms with Crippen LogP contribution in [0.1, 0.15) is 35.1 Å². The van der Waals surface area contributed by atoms with Crippen LogP contribution in [0.5, 0.6) is 0 Å². The third-order valence-electron chi connectivity index (χ3n) is 5.29. The van der Waals surface area contributed by atoms with Crippen molar-refractivity contribution in [1.29, 1.82) is 0 Å². The molecule has 0 aromatic heterocycles. The molecule has 2 heterocycles. The fraction of sp³-hybridized carbons (Fsp3) is 0.333. The minimum atomic E-state index is -4.63. The normalized spacial score (nSPS) is 25.0. The van der Waals surface area contributed by atoms with Crippen molar-refractivity contribution >= 4 is 20.8 Å². The van der Waals surface area contributed by atoms with Crippen LogP contribution in [0.25, 0.3) is 0 Å². The lowest BCUT2D eigenvalue weighted by Gasteiger charge is -2.53. The molecule has 10 nitrogen and oxygen atoms in total. The van der Waals surface area contributed by atoms with E-state index in [0.717, 1.165) is 0 Å². The first-order valence-corrected chi connectivity index (χ1v) is 11.6. The molecule has 12 heteroatoms. The average Bonchev–Trinajstić information content (AvgIpc) is 2.68. The van der Waals surface area contributed by atoms with E-state index in [1.807, 2.05) is 0 Å². The van der Waals surface area contributed by atoms with Gasteiger partial charge in [0, 0.05) is 12.8 Å². The zero-order valence-corrected chi connectivity index (χ0v) is 17.1. The van der Waals surface area contributed by atoms with Crippen molar-refractivity contribution in [2.45, 2.75) is 24.0 Å². The van der Waals surface area contributed by atoms with Gasteiger partial charge in [-0.3, -0.25) is 9.11 Å². The Morgan fingerprint density at radius 1 is 0.667 bits per heavy atom. The smallest absolute Gasteiger partial charge is 0.264 e. The Balaban J connectivity index is 1.79. The van der Waals surface area contributed by atoms with Gasteiger partial charge in [0.2, 0.25) is 0 Å². The molecule has 0 saturated heterocycles. The molecule has 0 fully saturated rings. The number of hydrogen-bond donors (Lipinski definition) is 2. The van der Waals surface area contributed by atoms with E-state index >= 15 is 0 Å². The van der Waals surface area contributed by atoms with Gasteiger partial charge in [-0.15, -0.1) is 0 Å². The average molecular weight is 462 g/mol. The van der Waals surface area contributed by atoms with Gasteiger partial charge in [-0.2, -0.15) is 16.8 Å². The number of benzene rings is 2. The lowest BCUT2D eigenvalue weighted by Crippen LogP contribution is -2.53. The van der Waals surface area contributed by atoms with Gasteiger partial charge >= 0.3 is 20.8 Å². The Morgan fingerprint density at radius 2 is 0.967 bits per heavy atom. The Morgan fingerprint density at radius 3 is 1.23 bits per heavy atom. The van der Waals surface area contributed by atoms with Crippen molar-refractivity contribution in [2.24, 2.45) is 0 Å². The first-order chi connectivity index (χ1) is 14.1. The van der Waals surface area contributed by atoms with E-state index in [-0.39, 0.29) is 26.1 Å². The predicted octanol–water partition coefficient (Wildman–Crippen LogP) is 1.87. The van der Waals surface area contributed by atoms with Crippen molar-refractivity contribution in [3.05, 3.63) is 70.8 Å². The van der Waals surface area contributed by atoms with Crippen LogP contribution >= 0.6 is 0 Å². The van der Waals surface area contributed by atoms with Gasteiger partial charge in [0.15, 0.2) is 11.2 Å². The van der Waals surface area contributed by atoms with E-state index in [1.54, 1.807) is 48.5 Å². The van der Waals surface area contributed by atoms with Crippen LogP contribution in [-0.2, 0) is 50.1 Å². The number of hydrogen-bond acceptors (Lipinski definition) is 8. The summed E-state index contributed by atoms with van der Waals surface area (Å²) in [6.07, 6.45) is 0.0246. The molecule has 5 rings (SSSR count). The summed E-state index contributed by atoms with van der Waals surface area (Å²) in [6, 6.07) is 14.3. The minimum Gasteiger partial charge on any atom is -0.264 e. The second-order valence-corrected chi connectivity index (χ2v) is 9.09. The SMILES string of the molecule is O=S(=O)(O)OCCC12[18O][18O]C(CCOS(=O)(=O)O)(c3ccccc31)c1ccccc12. The molecule has 1 aliphatic carbocycles. The molecule has 2 aliphatic heterocycles. The molecule has 0 unspecified atom stereocenters. The van der Waals surface area contributed by atoms with E-state index in [9.17, 15) is 16.8 Å². The molecule has 0 amide bonds. The van der Waals surface area contributed by atoms with E-state index in [0.29, 0.717) is 22.3 Å². The van der Waals surface area contributed by atoms with Crippen molar-refractivity contribution in [1.82, 2.24) is 0 Å². The first-order valence-electron chi connectivity index (χ1n) is 8.88. The fourth-order valence-electron chi connectivity index (χ4n) is 4.19. The van der Waals surface area contributed by atoms with Crippen LogP contribution < -0.4 is 0 Å². The third-order valence-corrected chi connectivity index (χ3v) is 6.22. The molecule has 2 bridgehead atoms. The topological polar surface area (TPSA) is 146 Å². The van der Waals surface area contributed by atoms with Crippen LogP contribution in [0.2, 0.25) is 0 Å². The molecule has 3 aliphatic rings. The molecule has 2 N–H and O–H groups in total. The molecule has 0 saturated carbocycles. The van der Waals surface area contributed by atoms with Crippen LogP contribution in [0, 0.1) is 0 Å². The largest absolute Gasteiger partial charge is 0.397 e. The standard InChI is InChI=1S/C18H18O10S2/c19-29(20,21)25-11-9-17-13-5-1-2-6-14(13)18(28-27-17,10-12-26-30(22,23)24)16-8-4-3-7-15(16)17/h1-8H,9-12H2,(H,19,20,21)(H,22,23,24)/i27+2,28+2. The summed E-state index contributed by atoms with van der Waals surface area (Å²) in [5, 5.41) is 0. The van der Waals surface area contributed by atoms with Crippen LogP contribution in [0.3, 0.4) is 0 Å². The van der Waals surface area contributed by atoms with Crippen molar-refractivity contribution in [2.75, 3.05) is 13.2 Å². The molecule has 0 atom stereocenters. The summed E-state index contributed by atoms with van der Waals surface area (Å²) in [5.41, 5.74) is 0.315. The van der Waals surface area contributed by atoms with Crippen molar-refractivity contribution in [3.8, 4) is 0 Å². The van der Waals surface area contributed by atoms with Crippen LogP contribution in [0.4, 0.5) is 0 Å². The van der Waals surface area contributed by atoms with Gasteiger partial charge in [0.1, 0.15) is 0 Å². The Bertz CT molecular complexity index is 1030. The third kappa shape index (κ3) is 3.65. The van der Waals surface area contributed by atoms with E-state index in [1.165, 1.54) is 0 Å². The van der Waals surface area contributed by atoms with Gasteiger partial charge in [0.25, 0.3) is 0 Å². The maximum atomic E-state index is 11.0. The second kappa shape index (κ2) is 7.35. The molecule has 0 radical (unpaired) electrons. The summed E-state index contributed by atoms with van der Waals surface area (Å²) in [4.78, 5) is 11.6. The molecule has 0 spiro atoms. The first kappa shape index (κ1) is 21.3. The number of fused-ring (bicyclic) bond motifs is 1.